The summed E-state index contributed by atoms with van der Waals surface area (Å²) in [6, 6.07) is 0.227. The fourth-order valence-corrected chi connectivity index (χ4v) is 3.02. The van der Waals surface area contributed by atoms with Crippen LogP contribution in [0.1, 0.15) is 36.4 Å². The SMILES string of the molecule is Cn1cc2c(c1Cl)CCC1(CC1)C2N. The van der Waals surface area contributed by atoms with E-state index < -0.39 is 0 Å². The lowest BCUT2D eigenvalue weighted by Crippen LogP contribution is -2.27. The number of nitrogens with zero attached hydrogens (tertiary/aromatic N) is 1. The molecule has 1 fully saturated rings. The van der Waals surface area contributed by atoms with Gasteiger partial charge in [0.15, 0.2) is 0 Å². The van der Waals surface area contributed by atoms with Gasteiger partial charge in [-0.3, -0.25) is 0 Å². The second-order valence-corrected chi connectivity index (χ2v) is 5.16. The molecule has 76 valence electrons. The van der Waals surface area contributed by atoms with Crippen molar-refractivity contribution in [1.82, 2.24) is 4.57 Å². The van der Waals surface area contributed by atoms with Gasteiger partial charge in [-0.2, -0.15) is 0 Å². The minimum absolute atomic E-state index is 0.227. The molecule has 1 atom stereocenters. The molecular weight excluding hydrogens is 196 g/mol. The summed E-state index contributed by atoms with van der Waals surface area (Å²) in [6.45, 7) is 0. The van der Waals surface area contributed by atoms with E-state index in [1.54, 1.807) is 0 Å². The largest absolute Gasteiger partial charge is 0.341 e. The Labute approximate surface area is 89.0 Å². The van der Waals surface area contributed by atoms with Gasteiger partial charge in [0.05, 0.1) is 0 Å². The number of rotatable bonds is 0. The summed E-state index contributed by atoms with van der Waals surface area (Å²) >= 11 is 6.21. The van der Waals surface area contributed by atoms with Gasteiger partial charge in [0.25, 0.3) is 0 Å². The zero-order chi connectivity index (χ0) is 9.92. The molecule has 14 heavy (non-hydrogen) atoms. The number of aryl methyl sites for hydroxylation is 1. The van der Waals surface area contributed by atoms with E-state index >= 15 is 0 Å². The summed E-state index contributed by atoms with van der Waals surface area (Å²) in [5.74, 6) is 0. The smallest absolute Gasteiger partial charge is 0.112 e. The van der Waals surface area contributed by atoms with E-state index in [2.05, 4.69) is 6.20 Å². The summed E-state index contributed by atoms with van der Waals surface area (Å²) in [5, 5.41) is 0.881. The normalized spacial score (nSPS) is 27.8. The highest BCUT2D eigenvalue weighted by Gasteiger charge is 2.51. The summed E-state index contributed by atoms with van der Waals surface area (Å²) in [4.78, 5) is 0. The van der Waals surface area contributed by atoms with E-state index in [1.165, 1.54) is 30.4 Å². The van der Waals surface area contributed by atoms with E-state index in [1.807, 2.05) is 11.6 Å². The zero-order valence-electron chi connectivity index (χ0n) is 8.39. The number of hydrogen-bond donors (Lipinski definition) is 1. The molecule has 0 amide bonds. The van der Waals surface area contributed by atoms with Gasteiger partial charge in [0.1, 0.15) is 5.15 Å². The standard InChI is InChI=1S/C11H15ClN2/c1-14-6-8-7(10(14)12)2-3-11(4-5-11)9(8)13/h6,9H,2-5,13H2,1H3. The van der Waals surface area contributed by atoms with Crippen molar-refractivity contribution in [3.8, 4) is 0 Å². The highest BCUT2D eigenvalue weighted by Crippen LogP contribution is 2.60. The lowest BCUT2D eigenvalue weighted by Gasteiger charge is -2.28. The average Bonchev–Trinajstić information content (AvgIpc) is 2.88. The molecule has 1 unspecified atom stereocenters. The van der Waals surface area contributed by atoms with Crippen LogP contribution in [0.3, 0.4) is 0 Å². The van der Waals surface area contributed by atoms with Crippen LogP contribution < -0.4 is 5.73 Å². The van der Waals surface area contributed by atoms with Crippen molar-refractivity contribution >= 4 is 11.6 Å². The molecule has 0 aliphatic heterocycles. The van der Waals surface area contributed by atoms with E-state index in [9.17, 15) is 0 Å². The Morgan fingerprint density at radius 1 is 1.50 bits per heavy atom. The third-order valence-corrected chi connectivity index (χ3v) is 4.49. The number of halogens is 1. The zero-order valence-corrected chi connectivity index (χ0v) is 9.14. The number of hydrogen-bond acceptors (Lipinski definition) is 1. The highest BCUT2D eigenvalue weighted by molar-refractivity contribution is 6.30. The average molecular weight is 211 g/mol. The third kappa shape index (κ3) is 0.958. The lowest BCUT2D eigenvalue weighted by molar-refractivity contribution is 0.355. The minimum atomic E-state index is 0.227. The van der Waals surface area contributed by atoms with Gasteiger partial charge < -0.3 is 10.3 Å². The molecule has 0 radical (unpaired) electrons. The van der Waals surface area contributed by atoms with Gasteiger partial charge in [-0.05, 0) is 42.2 Å². The fourth-order valence-electron chi connectivity index (χ4n) is 2.77. The third-order valence-electron chi connectivity index (χ3n) is 4.00. The molecule has 1 heterocycles. The molecule has 2 aliphatic carbocycles. The molecule has 1 saturated carbocycles. The molecular formula is C11H15ClN2. The maximum Gasteiger partial charge on any atom is 0.112 e. The predicted octanol–water partition coefficient (Wildman–Crippen LogP) is 2.40. The van der Waals surface area contributed by atoms with Gasteiger partial charge >= 0.3 is 0 Å². The number of aromatic nitrogens is 1. The molecule has 0 aromatic carbocycles. The molecule has 3 heteroatoms. The predicted molar refractivity (Wildman–Crippen MR) is 57.3 cm³/mol. The van der Waals surface area contributed by atoms with Crippen molar-refractivity contribution in [1.29, 1.82) is 0 Å². The first kappa shape index (κ1) is 8.81. The maximum atomic E-state index is 6.30. The van der Waals surface area contributed by atoms with Crippen LogP contribution in [0.4, 0.5) is 0 Å². The Balaban J connectivity index is 2.11. The summed E-state index contributed by atoms with van der Waals surface area (Å²) < 4.78 is 1.99. The summed E-state index contributed by atoms with van der Waals surface area (Å²) in [5.41, 5.74) is 9.32. The van der Waals surface area contributed by atoms with E-state index in [-0.39, 0.29) is 6.04 Å². The Morgan fingerprint density at radius 3 is 2.86 bits per heavy atom. The molecule has 3 rings (SSSR count). The number of nitrogens with two attached hydrogens (primary N) is 1. The maximum absolute atomic E-state index is 6.30. The Morgan fingerprint density at radius 2 is 2.21 bits per heavy atom. The Bertz CT molecular complexity index is 390. The minimum Gasteiger partial charge on any atom is -0.341 e. The van der Waals surface area contributed by atoms with E-state index in [4.69, 9.17) is 17.3 Å². The van der Waals surface area contributed by atoms with Crippen molar-refractivity contribution in [2.24, 2.45) is 18.2 Å². The lowest BCUT2D eigenvalue weighted by atomic mass is 9.80. The molecule has 1 aromatic heterocycles. The van der Waals surface area contributed by atoms with Crippen molar-refractivity contribution in [2.75, 3.05) is 0 Å². The first-order valence-corrected chi connectivity index (χ1v) is 5.61. The monoisotopic (exact) mass is 210 g/mol. The van der Waals surface area contributed by atoms with Gasteiger partial charge in [0.2, 0.25) is 0 Å². The van der Waals surface area contributed by atoms with Crippen molar-refractivity contribution in [3.05, 3.63) is 22.5 Å². The second kappa shape index (κ2) is 2.56. The molecule has 1 aromatic rings. The molecule has 2 N–H and O–H groups in total. The second-order valence-electron chi connectivity index (χ2n) is 4.80. The Hall–Kier alpha value is -0.470. The van der Waals surface area contributed by atoms with Crippen molar-refractivity contribution in [3.63, 3.8) is 0 Å². The van der Waals surface area contributed by atoms with Crippen LogP contribution >= 0.6 is 11.6 Å². The Kier molecular flexibility index (Phi) is 1.61. The van der Waals surface area contributed by atoms with E-state index in [0.29, 0.717) is 5.41 Å². The molecule has 2 nitrogen and oxygen atoms in total. The van der Waals surface area contributed by atoms with Gasteiger partial charge in [-0.25, -0.2) is 0 Å². The van der Waals surface area contributed by atoms with Crippen LogP contribution in [0.15, 0.2) is 6.20 Å². The van der Waals surface area contributed by atoms with Crippen LogP contribution in [-0.2, 0) is 13.5 Å². The van der Waals surface area contributed by atoms with Gasteiger partial charge in [-0.15, -0.1) is 0 Å². The number of fused-ring (bicyclic) bond motifs is 1. The van der Waals surface area contributed by atoms with Crippen LogP contribution in [0.25, 0.3) is 0 Å². The van der Waals surface area contributed by atoms with Crippen molar-refractivity contribution in [2.45, 2.75) is 31.7 Å². The quantitative estimate of drug-likeness (QED) is 0.701. The summed E-state index contributed by atoms with van der Waals surface area (Å²) in [7, 11) is 1.99. The topological polar surface area (TPSA) is 30.9 Å². The first-order valence-electron chi connectivity index (χ1n) is 5.23. The molecule has 1 spiro atoms. The van der Waals surface area contributed by atoms with Crippen LogP contribution in [0, 0.1) is 5.41 Å². The van der Waals surface area contributed by atoms with E-state index in [0.717, 1.165) is 11.6 Å². The molecule has 0 bridgehead atoms. The van der Waals surface area contributed by atoms with Crippen LogP contribution in [-0.4, -0.2) is 4.57 Å². The molecule has 0 saturated heterocycles. The van der Waals surface area contributed by atoms with Gasteiger partial charge in [0, 0.05) is 19.3 Å². The first-order chi connectivity index (χ1) is 6.64. The van der Waals surface area contributed by atoms with Crippen LogP contribution in [0.5, 0.6) is 0 Å². The highest BCUT2D eigenvalue weighted by atomic mass is 35.5. The van der Waals surface area contributed by atoms with Gasteiger partial charge in [-0.1, -0.05) is 11.6 Å². The summed E-state index contributed by atoms with van der Waals surface area (Å²) in [6.07, 6.45) is 7.06. The fraction of sp³-hybridized carbons (Fsp3) is 0.636. The molecule has 2 aliphatic rings. The van der Waals surface area contributed by atoms with Crippen molar-refractivity contribution < 1.29 is 0 Å². The van der Waals surface area contributed by atoms with Crippen LogP contribution in [0.2, 0.25) is 5.15 Å².